The molecule has 1 rings (SSSR count). The fourth-order valence-corrected chi connectivity index (χ4v) is 1.80. The predicted molar refractivity (Wildman–Crippen MR) is 86.3 cm³/mol. The van der Waals surface area contributed by atoms with Gasteiger partial charge in [0, 0.05) is 23.8 Å². The first-order valence-electron chi connectivity index (χ1n) is 7.24. The number of nitrogens with one attached hydrogen (secondary N) is 2. The van der Waals surface area contributed by atoms with Crippen LogP contribution in [0.25, 0.3) is 0 Å². The van der Waals surface area contributed by atoms with Crippen molar-refractivity contribution in [2.75, 3.05) is 10.6 Å². The molecule has 1 aromatic carbocycles. The Hall–Kier alpha value is -2.24. The summed E-state index contributed by atoms with van der Waals surface area (Å²) in [5.74, 6) is -0.811. The maximum absolute atomic E-state index is 11.7. The average molecular weight is 308 g/mol. The van der Waals surface area contributed by atoms with Crippen LogP contribution < -0.4 is 10.6 Å². The van der Waals surface area contributed by atoms with Gasteiger partial charge >= 0.3 is 12.1 Å². The summed E-state index contributed by atoms with van der Waals surface area (Å²) in [4.78, 5) is 22.3. The molecule has 1 amide bonds. The van der Waals surface area contributed by atoms with E-state index in [1.165, 1.54) is 0 Å². The number of hydrogen-bond donors (Lipinski definition) is 3. The van der Waals surface area contributed by atoms with E-state index < -0.39 is 17.7 Å². The van der Waals surface area contributed by atoms with E-state index in [1.807, 2.05) is 13.0 Å². The Labute approximate surface area is 130 Å². The van der Waals surface area contributed by atoms with Crippen molar-refractivity contribution in [1.82, 2.24) is 0 Å². The van der Waals surface area contributed by atoms with E-state index in [4.69, 9.17) is 9.84 Å². The highest BCUT2D eigenvalue weighted by atomic mass is 16.6. The second-order valence-corrected chi connectivity index (χ2v) is 6.19. The summed E-state index contributed by atoms with van der Waals surface area (Å²) in [7, 11) is 0. The molecule has 122 valence electrons. The summed E-state index contributed by atoms with van der Waals surface area (Å²) in [6, 6.07) is 7.22. The van der Waals surface area contributed by atoms with Gasteiger partial charge in [-0.1, -0.05) is 6.07 Å². The standard InChI is InChI=1S/C16H24N2O4/c1-11(8-9-14(19)20)17-12-6-5-7-13(10-12)18-15(21)22-16(2,3)4/h5-7,10-11,17H,8-9H2,1-4H3,(H,18,21)(H,19,20). The third-order valence-electron chi connectivity index (χ3n) is 2.71. The predicted octanol–water partition coefficient (Wildman–Crippen LogP) is 3.70. The number of hydrogen-bond acceptors (Lipinski definition) is 4. The molecule has 1 aromatic rings. The SMILES string of the molecule is CC(CCC(=O)O)Nc1cccc(NC(=O)OC(C)(C)C)c1. The molecule has 0 aromatic heterocycles. The lowest BCUT2D eigenvalue weighted by atomic mass is 10.1. The Bertz CT molecular complexity index is 523. The maximum atomic E-state index is 11.7. The highest BCUT2D eigenvalue weighted by Gasteiger charge is 2.16. The minimum Gasteiger partial charge on any atom is -0.481 e. The van der Waals surface area contributed by atoms with Gasteiger partial charge in [0.15, 0.2) is 0 Å². The van der Waals surface area contributed by atoms with E-state index in [2.05, 4.69) is 10.6 Å². The average Bonchev–Trinajstić information content (AvgIpc) is 2.34. The van der Waals surface area contributed by atoms with Crippen LogP contribution in [-0.2, 0) is 9.53 Å². The molecule has 0 saturated carbocycles. The van der Waals surface area contributed by atoms with Crippen LogP contribution in [0, 0.1) is 0 Å². The molecule has 1 atom stereocenters. The van der Waals surface area contributed by atoms with Gasteiger partial charge < -0.3 is 15.2 Å². The summed E-state index contributed by atoms with van der Waals surface area (Å²) in [5.41, 5.74) is 0.877. The quantitative estimate of drug-likeness (QED) is 0.746. The van der Waals surface area contributed by atoms with Gasteiger partial charge in [0.2, 0.25) is 0 Å². The number of rotatable bonds is 6. The molecule has 0 aliphatic heterocycles. The van der Waals surface area contributed by atoms with E-state index in [9.17, 15) is 9.59 Å². The first-order valence-corrected chi connectivity index (χ1v) is 7.24. The van der Waals surface area contributed by atoms with Gasteiger partial charge in [-0.25, -0.2) is 4.79 Å². The molecular formula is C16H24N2O4. The Kier molecular flexibility index (Phi) is 6.22. The third-order valence-corrected chi connectivity index (χ3v) is 2.71. The summed E-state index contributed by atoms with van der Waals surface area (Å²) in [6.07, 6.45) is 0.131. The molecular weight excluding hydrogens is 284 g/mol. The number of benzene rings is 1. The van der Waals surface area contributed by atoms with Gasteiger partial charge in [-0.2, -0.15) is 0 Å². The van der Waals surface area contributed by atoms with Gasteiger partial charge in [0.1, 0.15) is 5.60 Å². The zero-order valence-corrected chi connectivity index (χ0v) is 13.5. The second-order valence-electron chi connectivity index (χ2n) is 6.19. The highest BCUT2D eigenvalue weighted by molar-refractivity contribution is 5.85. The van der Waals surface area contributed by atoms with Crippen LogP contribution in [0.15, 0.2) is 24.3 Å². The van der Waals surface area contributed by atoms with Crippen LogP contribution in [0.1, 0.15) is 40.5 Å². The van der Waals surface area contributed by atoms with E-state index in [0.29, 0.717) is 12.1 Å². The Balaban J connectivity index is 2.58. The smallest absolute Gasteiger partial charge is 0.412 e. The monoisotopic (exact) mass is 308 g/mol. The second kappa shape index (κ2) is 7.68. The molecule has 3 N–H and O–H groups in total. The number of ether oxygens (including phenoxy) is 1. The lowest BCUT2D eigenvalue weighted by Crippen LogP contribution is -2.27. The van der Waals surface area contributed by atoms with Crippen molar-refractivity contribution < 1.29 is 19.4 Å². The number of carbonyl (C=O) groups is 2. The number of carboxylic acids is 1. The van der Waals surface area contributed by atoms with Crippen LogP contribution in [0.3, 0.4) is 0 Å². The van der Waals surface area contributed by atoms with Crippen LogP contribution in [0.2, 0.25) is 0 Å². The number of carboxylic acid groups (broad SMARTS) is 1. The van der Waals surface area contributed by atoms with Crippen LogP contribution in [-0.4, -0.2) is 28.8 Å². The normalized spacial score (nSPS) is 12.4. The fourth-order valence-electron chi connectivity index (χ4n) is 1.80. The van der Waals surface area contributed by atoms with Crippen molar-refractivity contribution in [2.45, 2.75) is 52.2 Å². The van der Waals surface area contributed by atoms with Gasteiger partial charge in [-0.3, -0.25) is 10.1 Å². The minimum atomic E-state index is -0.811. The van der Waals surface area contributed by atoms with Crippen molar-refractivity contribution in [2.24, 2.45) is 0 Å². The molecule has 0 fully saturated rings. The van der Waals surface area contributed by atoms with E-state index in [-0.39, 0.29) is 12.5 Å². The summed E-state index contributed by atoms with van der Waals surface area (Å²) < 4.78 is 5.19. The van der Waals surface area contributed by atoms with E-state index >= 15 is 0 Å². The van der Waals surface area contributed by atoms with Crippen molar-refractivity contribution in [3.8, 4) is 0 Å². The first-order chi connectivity index (χ1) is 10.2. The van der Waals surface area contributed by atoms with Gasteiger partial charge in [-0.15, -0.1) is 0 Å². The van der Waals surface area contributed by atoms with Crippen molar-refractivity contribution in [3.05, 3.63) is 24.3 Å². The maximum Gasteiger partial charge on any atom is 0.412 e. The highest BCUT2D eigenvalue weighted by Crippen LogP contribution is 2.18. The lowest BCUT2D eigenvalue weighted by Gasteiger charge is -2.20. The lowest BCUT2D eigenvalue weighted by molar-refractivity contribution is -0.137. The van der Waals surface area contributed by atoms with Crippen molar-refractivity contribution >= 4 is 23.4 Å². The van der Waals surface area contributed by atoms with Gasteiger partial charge in [0.25, 0.3) is 0 Å². The molecule has 0 heterocycles. The van der Waals surface area contributed by atoms with Crippen LogP contribution in [0.4, 0.5) is 16.2 Å². The zero-order valence-electron chi connectivity index (χ0n) is 13.5. The number of carbonyl (C=O) groups excluding carboxylic acids is 1. The molecule has 0 spiro atoms. The molecule has 0 aliphatic carbocycles. The largest absolute Gasteiger partial charge is 0.481 e. The summed E-state index contributed by atoms with van der Waals surface area (Å²) >= 11 is 0. The Morgan fingerprint density at radius 1 is 1.27 bits per heavy atom. The molecule has 6 heteroatoms. The van der Waals surface area contributed by atoms with E-state index in [0.717, 1.165) is 5.69 Å². The Morgan fingerprint density at radius 2 is 1.91 bits per heavy atom. The molecule has 22 heavy (non-hydrogen) atoms. The topological polar surface area (TPSA) is 87.7 Å². The number of amides is 1. The number of aliphatic carboxylic acids is 1. The van der Waals surface area contributed by atoms with E-state index in [1.54, 1.807) is 39.0 Å². The van der Waals surface area contributed by atoms with Gasteiger partial charge in [-0.05, 0) is 52.3 Å². The molecule has 0 bridgehead atoms. The summed E-state index contributed by atoms with van der Waals surface area (Å²) in [6.45, 7) is 7.31. The van der Waals surface area contributed by atoms with Crippen LogP contribution in [0.5, 0.6) is 0 Å². The van der Waals surface area contributed by atoms with Crippen LogP contribution >= 0.6 is 0 Å². The van der Waals surface area contributed by atoms with Crippen molar-refractivity contribution in [1.29, 1.82) is 0 Å². The summed E-state index contributed by atoms with van der Waals surface area (Å²) in [5, 5.41) is 14.5. The molecule has 0 aliphatic rings. The minimum absolute atomic E-state index is 0.0212. The molecule has 0 saturated heterocycles. The molecule has 1 unspecified atom stereocenters. The third kappa shape index (κ3) is 7.52. The molecule has 0 radical (unpaired) electrons. The zero-order chi connectivity index (χ0) is 16.8. The van der Waals surface area contributed by atoms with Crippen molar-refractivity contribution in [3.63, 3.8) is 0 Å². The fraction of sp³-hybridized carbons (Fsp3) is 0.500. The Morgan fingerprint density at radius 3 is 2.50 bits per heavy atom. The molecule has 6 nitrogen and oxygen atoms in total. The van der Waals surface area contributed by atoms with Gasteiger partial charge in [0.05, 0.1) is 0 Å². The first kappa shape index (κ1) is 17.8. The number of anilines is 2.